The average Bonchev–Trinajstić information content (AvgIpc) is 2.99. The van der Waals surface area contributed by atoms with Crippen molar-refractivity contribution >= 4 is 11.9 Å². The average molecular weight is 374 g/mol. The molecule has 1 amide bonds. The second-order valence-corrected chi connectivity index (χ2v) is 8.54. The molecule has 0 aliphatic carbocycles. The Balaban J connectivity index is 1.53. The molecule has 27 heavy (non-hydrogen) atoms. The highest BCUT2D eigenvalue weighted by Crippen LogP contribution is 2.31. The molecule has 4 fully saturated rings. The summed E-state index contributed by atoms with van der Waals surface area (Å²) in [5.74, 6) is 0.952. The number of piperidine rings is 1. The van der Waals surface area contributed by atoms with Crippen LogP contribution in [0.25, 0.3) is 0 Å². The van der Waals surface area contributed by atoms with Crippen molar-refractivity contribution in [3.05, 3.63) is 17.5 Å². The second-order valence-electron chi connectivity index (χ2n) is 8.54. The Morgan fingerprint density at radius 2 is 1.89 bits per heavy atom. The fraction of sp³-hybridized carbons (Fsp3) is 0.750. The fourth-order valence-corrected chi connectivity index (χ4v) is 4.75. The first-order chi connectivity index (χ1) is 13.0. The number of carbonyl (C=O) groups is 1. The van der Waals surface area contributed by atoms with E-state index in [4.69, 9.17) is 10.5 Å². The van der Waals surface area contributed by atoms with Gasteiger partial charge in [-0.1, -0.05) is 13.8 Å². The first-order valence-electron chi connectivity index (χ1n) is 10.3. The van der Waals surface area contributed by atoms with Crippen LogP contribution in [0.1, 0.15) is 61.6 Å². The maximum Gasteiger partial charge on any atom is 0.272 e. The Kier molecular flexibility index (Phi) is 5.32. The number of anilines is 1. The molecule has 4 saturated heterocycles. The molecule has 7 heteroatoms. The maximum absolute atomic E-state index is 13.3. The van der Waals surface area contributed by atoms with Gasteiger partial charge in [-0.15, -0.1) is 0 Å². The lowest BCUT2D eigenvalue weighted by atomic mass is 9.94. The van der Waals surface area contributed by atoms with Gasteiger partial charge in [-0.05, 0) is 43.6 Å². The molecular weight excluding hydrogens is 342 g/mol. The molecule has 0 saturated carbocycles. The monoisotopic (exact) mass is 373 g/mol. The van der Waals surface area contributed by atoms with Crippen LogP contribution in [0.2, 0.25) is 0 Å². The van der Waals surface area contributed by atoms with Gasteiger partial charge in [-0.2, -0.15) is 0 Å². The van der Waals surface area contributed by atoms with E-state index in [9.17, 15) is 4.79 Å². The summed E-state index contributed by atoms with van der Waals surface area (Å²) < 4.78 is 5.53. The number of ether oxygens (including phenoxy) is 1. The maximum atomic E-state index is 13.3. The Labute approximate surface area is 161 Å². The zero-order valence-corrected chi connectivity index (χ0v) is 16.4. The summed E-state index contributed by atoms with van der Waals surface area (Å²) in [6.45, 7) is 8.70. The largest absolute Gasteiger partial charge is 0.381 e. The smallest absolute Gasteiger partial charge is 0.272 e. The summed E-state index contributed by atoms with van der Waals surface area (Å²) in [4.78, 5) is 26.5. The molecular formula is C20H31N5O2. The first-order valence-corrected chi connectivity index (χ1v) is 10.3. The van der Waals surface area contributed by atoms with Crippen molar-refractivity contribution in [1.82, 2.24) is 19.8 Å². The van der Waals surface area contributed by atoms with Crippen LogP contribution in [0.5, 0.6) is 0 Å². The third kappa shape index (κ3) is 3.94. The van der Waals surface area contributed by atoms with Crippen LogP contribution in [-0.4, -0.2) is 70.6 Å². The van der Waals surface area contributed by atoms with E-state index in [0.29, 0.717) is 17.7 Å². The van der Waals surface area contributed by atoms with Crippen molar-refractivity contribution in [2.75, 3.05) is 38.6 Å². The summed E-state index contributed by atoms with van der Waals surface area (Å²) >= 11 is 0. The van der Waals surface area contributed by atoms with Gasteiger partial charge in [0.2, 0.25) is 5.95 Å². The molecule has 4 aliphatic rings. The zero-order valence-electron chi connectivity index (χ0n) is 16.4. The van der Waals surface area contributed by atoms with E-state index in [2.05, 4.69) is 33.6 Å². The van der Waals surface area contributed by atoms with Crippen LogP contribution in [0.15, 0.2) is 6.07 Å². The highest BCUT2D eigenvalue weighted by molar-refractivity contribution is 5.93. The number of hydrogen-bond acceptors (Lipinski definition) is 6. The van der Waals surface area contributed by atoms with Gasteiger partial charge in [0.15, 0.2) is 0 Å². The quantitative estimate of drug-likeness (QED) is 0.871. The predicted molar refractivity (Wildman–Crippen MR) is 103 cm³/mol. The highest BCUT2D eigenvalue weighted by atomic mass is 16.5. The standard InChI is InChI=1S/C20H31N5O2/c1-13(2)17-9-18(23-20(21)22-17)19(26)25-11-14-3-4-16(25)12-24(10-14)15-5-7-27-8-6-15/h9,13-16H,3-8,10-12H2,1-2H3,(H2,21,22,23)/t14-,16+/m0/s1. The van der Waals surface area contributed by atoms with Crippen molar-refractivity contribution in [2.45, 2.75) is 57.5 Å². The molecule has 4 aliphatic heterocycles. The fourth-order valence-electron chi connectivity index (χ4n) is 4.75. The normalized spacial score (nSPS) is 27.1. The predicted octanol–water partition coefficient (Wildman–Crippen LogP) is 1.90. The van der Waals surface area contributed by atoms with Gasteiger partial charge in [0, 0.05) is 50.6 Å². The highest BCUT2D eigenvalue weighted by Gasteiger charge is 2.40. The number of hydrogen-bond donors (Lipinski definition) is 1. The van der Waals surface area contributed by atoms with Gasteiger partial charge in [0.25, 0.3) is 5.91 Å². The lowest BCUT2D eigenvalue weighted by Gasteiger charge is -2.37. The number of carbonyl (C=O) groups excluding carboxylic acids is 1. The van der Waals surface area contributed by atoms with E-state index in [-0.39, 0.29) is 23.8 Å². The van der Waals surface area contributed by atoms with Crippen LogP contribution in [0, 0.1) is 5.92 Å². The van der Waals surface area contributed by atoms with Crippen LogP contribution in [0.4, 0.5) is 5.95 Å². The SMILES string of the molecule is CC(C)c1cc(C(=O)N2C[C@H]3CC[C@@H]2CN(C2CCOCC2)C3)nc(N)n1. The lowest BCUT2D eigenvalue weighted by molar-refractivity contribution is 0.0304. The summed E-state index contributed by atoms with van der Waals surface area (Å²) in [6, 6.07) is 2.68. The van der Waals surface area contributed by atoms with E-state index in [1.807, 2.05) is 6.07 Å². The van der Waals surface area contributed by atoms with Gasteiger partial charge in [0.1, 0.15) is 5.69 Å². The molecule has 0 unspecified atom stereocenters. The Bertz CT molecular complexity index is 689. The minimum atomic E-state index is 0.00882. The van der Waals surface area contributed by atoms with Gasteiger partial charge in [0.05, 0.1) is 0 Å². The first kappa shape index (κ1) is 18.6. The number of amides is 1. The van der Waals surface area contributed by atoms with E-state index < -0.39 is 0 Å². The number of rotatable bonds is 3. The number of nitrogen functional groups attached to an aromatic ring is 1. The second kappa shape index (κ2) is 7.72. The van der Waals surface area contributed by atoms with Gasteiger partial charge in [-0.3, -0.25) is 9.69 Å². The number of aromatic nitrogens is 2. The summed E-state index contributed by atoms with van der Waals surface area (Å²) in [5, 5.41) is 0. The van der Waals surface area contributed by atoms with E-state index in [1.165, 1.54) is 6.42 Å². The Hall–Kier alpha value is -1.73. The Morgan fingerprint density at radius 3 is 2.63 bits per heavy atom. The molecule has 0 radical (unpaired) electrons. The minimum Gasteiger partial charge on any atom is -0.381 e. The molecule has 2 bridgehead atoms. The molecule has 5 heterocycles. The molecule has 0 aromatic carbocycles. The van der Waals surface area contributed by atoms with Gasteiger partial charge < -0.3 is 15.4 Å². The molecule has 1 aromatic rings. The van der Waals surface area contributed by atoms with Crippen molar-refractivity contribution in [3.8, 4) is 0 Å². The van der Waals surface area contributed by atoms with Gasteiger partial charge in [-0.25, -0.2) is 9.97 Å². The third-order valence-corrected chi connectivity index (χ3v) is 6.28. The van der Waals surface area contributed by atoms with E-state index in [0.717, 1.165) is 57.8 Å². The van der Waals surface area contributed by atoms with E-state index >= 15 is 0 Å². The van der Waals surface area contributed by atoms with Crippen LogP contribution in [0.3, 0.4) is 0 Å². The van der Waals surface area contributed by atoms with Crippen LogP contribution in [-0.2, 0) is 4.74 Å². The van der Waals surface area contributed by atoms with Crippen molar-refractivity contribution in [2.24, 2.45) is 5.92 Å². The molecule has 5 rings (SSSR count). The molecule has 7 nitrogen and oxygen atoms in total. The Morgan fingerprint density at radius 1 is 1.11 bits per heavy atom. The van der Waals surface area contributed by atoms with E-state index in [1.54, 1.807) is 0 Å². The lowest BCUT2D eigenvalue weighted by Crippen LogP contribution is -2.48. The van der Waals surface area contributed by atoms with Gasteiger partial charge >= 0.3 is 0 Å². The zero-order chi connectivity index (χ0) is 19.0. The number of fused-ring (bicyclic) bond motifs is 4. The van der Waals surface area contributed by atoms with Crippen LogP contribution >= 0.6 is 0 Å². The molecule has 0 spiro atoms. The summed E-state index contributed by atoms with van der Waals surface area (Å²) in [7, 11) is 0. The van der Waals surface area contributed by atoms with Crippen molar-refractivity contribution in [3.63, 3.8) is 0 Å². The molecule has 2 N–H and O–H groups in total. The molecule has 148 valence electrons. The van der Waals surface area contributed by atoms with Crippen LogP contribution < -0.4 is 5.73 Å². The summed E-state index contributed by atoms with van der Waals surface area (Å²) in [5.41, 5.74) is 7.15. The topological polar surface area (TPSA) is 84.6 Å². The number of nitrogens with two attached hydrogens (primary N) is 1. The number of nitrogens with zero attached hydrogens (tertiary/aromatic N) is 4. The molecule has 1 aromatic heterocycles. The van der Waals surface area contributed by atoms with Crippen molar-refractivity contribution < 1.29 is 9.53 Å². The minimum absolute atomic E-state index is 0.00882. The third-order valence-electron chi connectivity index (χ3n) is 6.28. The molecule has 2 atom stereocenters. The van der Waals surface area contributed by atoms with Crippen molar-refractivity contribution in [1.29, 1.82) is 0 Å². The summed E-state index contributed by atoms with van der Waals surface area (Å²) in [6.07, 6.45) is 4.49.